The molecule has 1 unspecified atom stereocenters. The number of rotatable bonds is 3. The highest BCUT2D eigenvalue weighted by atomic mass is 32.1. The van der Waals surface area contributed by atoms with Crippen molar-refractivity contribution in [2.75, 3.05) is 0 Å². The van der Waals surface area contributed by atoms with Gasteiger partial charge in [-0.15, -0.1) is 11.3 Å². The third kappa shape index (κ3) is 1.99. The second-order valence-corrected chi connectivity index (χ2v) is 4.54. The fourth-order valence-electron chi connectivity index (χ4n) is 1.66. The van der Waals surface area contributed by atoms with Crippen molar-refractivity contribution in [2.24, 2.45) is 0 Å². The Kier molecular flexibility index (Phi) is 2.68. The lowest BCUT2D eigenvalue weighted by molar-refractivity contribution is -0.139. The maximum atomic E-state index is 11.4. The van der Waals surface area contributed by atoms with E-state index in [1.807, 2.05) is 24.4 Å². The van der Waals surface area contributed by atoms with Crippen LogP contribution in [0.4, 0.5) is 0 Å². The van der Waals surface area contributed by atoms with Crippen molar-refractivity contribution in [3.05, 3.63) is 34.5 Å². The highest BCUT2D eigenvalue weighted by molar-refractivity contribution is 7.09. The summed E-state index contributed by atoms with van der Waals surface area (Å²) in [6.45, 7) is 1.89. The molecule has 1 aliphatic heterocycles. The van der Waals surface area contributed by atoms with Crippen molar-refractivity contribution >= 4 is 23.2 Å². The van der Waals surface area contributed by atoms with Gasteiger partial charge in [0.05, 0.1) is 0 Å². The van der Waals surface area contributed by atoms with Crippen LogP contribution < -0.4 is 0 Å². The van der Waals surface area contributed by atoms with Crippen LogP contribution in [0.15, 0.2) is 29.7 Å². The molecular formula is C11H11NO2S. The van der Waals surface area contributed by atoms with Gasteiger partial charge in [-0.1, -0.05) is 6.07 Å². The smallest absolute Gasteiger partial charge is 0.253 e. The zero-order chi connectivity index (χ0) is 10.8. The number of imide groups is 1. The van der Waals surface area contributed by atoms with E-state index < -0.39 is 0 Å². The van der Waals surface area contributed by atoms with Crippen LogP contribution in [-0.2, 0) is 16.0 Å². The van der Waals surface area contributed by atoms with Crippen molar-refractivity contribution in [3.63, 3.8) is 0 Å². The minimum Gasteiger partial charge on any atom is -0.272 e. The fraction of sp³-hybridized carbons (Fsp3) is 0.273. The molecule has 3 nitrogen and oxygen atoms in total. The van der Waals surface area contributed by atoms with Gasteiger partial charge in [-0.2, -0.15) is 0 Å². The molecule has 0 radical (unpaired) electrons. The fourth-order valence-corrected chi connectivity index (χ4v) is 2.48. The molecule has 0 aliphatic carbocycles. The standard InChI is InChI=1S/C11H11NO2S/c1-8(7-9-3-2-6-15-9)12-10(13)4-5-11(12)14/h2-6,8H,7H2,1H3. The Morgan fingerprint density at radius 3 is 2.53 bits per heavy atom. The Hall–Kier alpha value is -1.42. The predicted molar refractivity (Wildman–Crippen MR) is 58.5 cm³/mol. The molecule has 4 heteroatoms. The van der Waals surface area contributed by atoms with Crippen LogP contribution in [-0.4, -0.2) is 22.8 Å². The number of carbonyl (C=O) groups is 2. The molecule has 0 spiro atoms. The second kappa shape index (κ2) is 3.98. The van der Waals surface area contributed by atoms with Crippen molar-refractivity contribution < 1.29 is 9.59 Å². The van der Waals surface area contributed by atoms with Crippen LogP contribution in [0.2, 0.25) is 0 Å². The number of carbonyl (C=O) groups excluding carboxylic acids is 2. The molecule has 0 aromatic carbocycles. The largest absolute Gasteiger partial charge is 0.272 e. The molecule has 1 aromatic heterocycles. The van der Waals surface area contributed by atoms with E-state index in [0.29, 0.717) is 0 Å². The summed E-state index contributed by atoms with van der Waals surface area (Å²) in [5.41, 5.74) is 0. The Bertz CT molecular complexity index is 390. The number of hydrogen-bond acceptors (Lipinski definition) is 3. The first kappa shape index (κ1) is 10.1. The van der Waals surface area contributed by atoms with Crippen LogP contribution in [0, 0.1) is 0 Å². The minimum atomic E-state index is -0.205. The van der Waals surface area contributed by atoms with E-state index in [-0.39, 0.29) is 17.9 Å². The molecule has 15 heavy (non-hydrogen) atoms. The van der Waals surface area contributed by atoms with Crippen LogP contribution in [0.5, 0.6) is 0 Å². The highest BCUT2D eigenvalue weighted by Gasteiger charge is 2.28. The van der Waals surface area contributed by atoms with Crippen molar-refractivity contribution in [1.29, 1.82) is 0 Å². The summed E-state index contributed by atoms with van der Waals surface area (Å²) in [4.78, 5) is 25.2. The van der Waals surface area contributed by atoms with Gasteiger partial charge in [0, 0.05) is 29.5 Å². The van der Waals surface area contributed by atoms with Crippen molar-refractivity contribution in [1.82, 2.24) is 4.90 Å². The average Bonchev–Trinajstić information content (AvgIpc) is 2.77. The van der Waals surface area contributed by atoms with E-state index in [0.717, 1.165) is 6.42 Å². The molecule has 2 rings (SSSR count). The maximum Gasteiger partial charge on any atom is 0.253 e. The zero-order valence-corrected chi connectivity index (χ0v) is 9.16. The SMILES string of the molecule is CC(Cc1cccs1)N1C(=O)C=CC1=O. The monoisotopic (exact) mass is 221 g/mol. The molecule has 0 saturated heterocycles. The first-order valence-corrected chi connectivity index (χ1v) is 5.64. The van der Waals surface area contributed by atoms with Crippen molar-refractivity contribution in [2.45, 2.75) is 19.4 Å². The number of hydrogen-bond donors (Lipinski definition) is 0. The van der Waals surface area contributed by atoms with Gasteiger partial charge in [0.1, 0.15) is 0 Å². The Morgan fingerprint density at radius 2 is 2.00 bits per heavy atom. The third-order valence-electron chi connectivity index (χ3n) is 2.36. The van der Waals surface area contributed by atoms with Gasteiger partial charge in [-0.25, -0.2) is 0 Å². The summed E-state index contributed by atoms with van der Waals surface area (Å²) in [5, 5.41) is 1.99. The molecule has 0 N–H and O–H groups in total. The molecule has 1 aliphatic rings. The van der Waals surface area contributed by atoms with Crippen LogP contribution >= 0.6 is 11.3 Å². The predicted octanol–water partition coefficient (Wildman–Crippen LogP) is 1.60. The van der Waals surface area contributed by atoms with E-state index in [2.05, 4.69) is 0 Å². The van der Waals surface area contributed by atoms with E-state index in [9.17, 15) is 9.59 Å². The molecule has 1 aromatic rings. The summed E-state index contributed by atoms with van der Waals surface area (Å²) in [7, 11) is 0. The average molecular weight is 221 g/mol. The molecule has 2 amide bonds. The molecule has 78 valence electrons. The van der Waals surface area contributed by atoms with Crippen LogP contribution in [0.25, 0.3) is 0 Å². The highest BCUT2D eigenvalue weighted by Crippen LogP contribution is 2.16. The van der Waals surface area contributed by atoms with Gasteiger partial charge in [0.15, 0.2) is 0 Å². The van der Waals surface area contributed by atoms with Crippen LogP contribution in [0.1, 0.15) is 11.8 Å². The quantitative estimate of drug-likeness (QED) is 0.727. The Balaban J connectivity index is 2.05. The second-order valence-electron chi connectivity index (χ2n) is 3.51. The van der Waals surface area contributed by atoms with Crippen LogP contribution in [0.3, 0.4) is 0 Å². The summed E-state index contributed by atoms with van der Waals surface area (Å²) in [5.74, 6) is -0.409. The first-order chi connectivity index (χ1) is 7.18. The lowest BCUT2D eigenvalue weighted by Gasteiger charge is -2.21. The maximum absolute atomic E-state index is 11.4. The number of thiophene rings is 1. The van der Waals surface area contributed by atoms with E-state index in [4.69, 9.17) is 0 Å². The number of amides is 2. The Labute approximate surface area is 92.0 Å². The van der Waals surface area contributed by atoms with Gasteiger partial charge >= 0.3 is 0 Å². The van der Waals surface area contributed by atoms with Gasteiger partial charge < -0.3 is 0 Å². The summed E-state index contributed by atoms with van der Waals surface area (Å²) < 4.78 is 0. The number of nitrogens with zero attached hydrogens (tertiary/aromatic N) is 1. The normalized spacial score (nSPS) is 17.5. The van der Waals surface area contributed by atoms with Gasteiger partial charge in [0.25, 0.3) is 11.8 Å². The lowest BCUT2D eigenvalue weighted by Crippen LogP contribution is -2.39. The third-order valence-corrected chi connectivity index (χ3v) is 3.26. The van der Waals surface area contributed by atoms with Gasteiger partial charge in [-0.3, -0.25) is 14.5 Å². The molecule has 2 heterocycles. The lowest BCUT2D eigenvalue weighted by atomic mass is 10.2. The molecule has 0 saturated carbocycles. The van der Waals surface area contributed by atoms with E-state index in [1.54, 1.807) is 11.3 Å². The zero-order valence-electron chi connectivity index (χ0n) is 8.34. The van der Waals surface area contributed by atoms with Crippen molar-refractivity contribution in [3.8, 4) is 0 Å². The summed E-state index contributed by atoms with van der Waals surface area (Å²) in [6.07, 6.45) is 3.39. The molecule has 1 atom stereocenters. The van der Waals surface area contributed by atoms with Gasteiger partial charge in [0.2, 0.25) is 0 Å². The topological polar surface area (TPSA) is 37.4 Å². The molecular weight excluding hydrogens is 210 g/mol. The summed E-state index contributed by atoms with van der Waals surface area (Å²) in [6, 6.07) is 3.91. The van der Waals surface area contributed by atoms with Gasteiger partial charge in [-0.05, 0) is 18.4 Å². The summed E-state index contributed by atoms with van der Waals surface area (Å²) >= 11 is 1.64. The minimum absolute atomic E-state index is 0.0707. The first-order valence-electron chi connectivity index (χ1n) is 4.76. The molecule has 0 bridgehead atoms. The molecule has 0 fully saturated rings. The van der Waals surface area contributed by atoms with E-state index in [1.165, 1.54) is 21.9 Å². The Morgan fingerprint density at radius 1 is 1.33 bits per heavy atom. The van der Waals surface area contributed by atoms with E-state index >= 15 is 0 Å².